The number of nitrogens with two attached hydrogens (primary N) is 1. The summed E-state index contributed by atoms with van der Waals surface area (Å²) in [4.78, 5) is 12.4. The Morgan fingerprint density at radius 2 is 2.18 bits per heavy atom. The molecule has 0 spiro atoms. The third-order valence-electron chi connectivity index (χ3n) is 1.71. The maximum Gasteiger partial charge on any atom is 0.293 e. The minimum absolute atomic E-state index is 0. The molecule has 0 radical (unpaired) electrons. The van der Waals surface area contributed by atoms with Crippen LogP contribution in [0.5, 0.6) is 0 Å². The Kier molecular flexibility index (Phi) is 2.94. The monoisotopic (exact) mass is 154 g/mol. The fourth-order valence-electron chi connectivity index (χ4n) is 1.18. The van der Waals surface area contributed by atoms with Crippen LogP contribution in [-0.2, 0) is 4.79 Å². The lowest BCUT2D eigenvalue weighted by molar-refractivity contribution is -0.112. The average molecular weight is 154 g/mol. The van der Waals surface area contributed by atoms with Crippen LogP contribution in [0, 0.1) is 11.8 Å². The minimum atomic E-state index is -0.538. The minimum Gasteiger partial charge on any atom is -0.359 e. The first-order valence-electron chi connectivity index (χ1n) is 3.80. The molecule has 0 bridgehead atoms. The first-order chi connectivity index (χ1) is 5.29. The van der Waals surface area contributed by atoms with Crippen LogP contribution in [0.15, 0.2) is 0 Å². The highest BCUT2D eigenvalue weighted by Gasteiger charge is 2.08. The van der Waals surface area contributed by atoms with Crippen LogP contribution in [0.2, 0.25) is 0 Å². The van der Waals surface area contributed by atoms with E-state index in [1.54, 1.807) is 0 Å². The zero-order chi connectivity index (χ0) is 8.10. The van der Waals surface area contributed by atoms with Gasteiger partial charge in [-0.15, -0.1) is 0 Å². The van der Waals surface area contributed by atoms with Crippen molar-refractivity contribution in [2.45, 2.75) is 12.8 Å². The molecule has 1 amide bonds. The molecule has 3 nitrogen and oxygen atoms in total. The van der Waals surface area contributed by atoms with Gasteiger partial charge in [-0.1, -0.05) is 5.92 Å². The Balaban J connectivity index is 0.00000121. The Labute approximate surface area is 68.0 Å². The van der Waals surface area contributed by atoms with E-state index in [0.29, 0.717) is 6.54 Å². The molecule has 0 saturated carbocycles. The fourth-order valence-corrected chi connectivity index (χ4v) is 1.18. The van der Waals surface area contributed by atoms with Crippen LogP contribution in [0.25, 0.3) is 0 Å². The molecule has 2 N–H and O–H groups in total. The summed E-state index contributed by atoms with van der Waals surface area (Å²) in [5, 5.41) is 0. The number of nitrogens with zero attached hydrogens (tertiary/aromatic N) is 1. The van der Waals surface area contributed by atoms with Crippen LogP contribution >= 0.6 is 0 Å². The maximum absolute atomic E-state index is 10.2. The van der Waals surface area contributed by atoms with Crippen molar-refractivity contribution in [2.75, 3.05) is 19.6 Å². The fraction of sp³-hybridized carbons (Fsp3) is 0.625. The van der Waals surface area contributed by atoms with Gasteiger partial charge in [0.15, 0.2) is 0 Å². The van der Waals surface area contributed by atoms with Gasteiger partial charge in [0.1, 0.15) is 0 Å². The number of hydrogen-bond donors (Lipinski definition) is 1. The van der Waals surface area contributed by atoms with E-state index < -0.39 is 5.91 Å². The number of rotatable bonds is 1. The van der Waals surface area contributed by atoms with Gasteiger partial charge in [0.2, 0.25) is 0 Å². The summed E-state index contributed by atoms with van der Waals surface area (Å²) in [6.07, 6.45) is 2.50. The third-order valence-corrected chi connectivity index (χ3v) is 1.71. The molecule has 0 unspecified atom stereocenters. The highest BCUT2D eigenvalue weighted by molar-refractivity contribution is 5.91. The molecule has 0 atom stereocenters. The molecule has 1 aliphatic heterocycles. The smallest absolute Gasteiger partial charge is 0.293 e. The summed E-state index contributed by atoms with van der Waals surface area (Å²) >= 11 is 0. The van der Waals surface area contributed by atoms with E-state index in [-0.39, 0.29) is 1.43 Å². The van der Waals surface area contributed by atoms with Gasteiger partial charge in [0.25, 0.3) is 5.91 Å². The number of carbonyl (C=O) groups excluding carboxylic acids is 1. The van der Waals surface area contributed by atoms with Crippen molar-refractivity contribution in [3.8, 4) is 11.8 Å². The molecule has 62 valence electrons. The quantitative estimate of drug-likeness (QED) is 0.532. The van der Waals surface area contributed by atoms with Crippen molar-refractivity contribution < 1.29 is 6.22 Å². The molecule has 0 aliphatic carbocycles. The van der Waals surface area contributed by atoms with Crippen molar-refractivity contribution in [1.29, 1.82) is 0 Å². The van der Waals surface area contributed by atoms with Crippen molar-refractivity contribution in [1.82, 2.24) is 4.90 Å². The van der Waals surface area contributed by atoms with E-state index in [1.165, 1.54) is 12.8 Å². The summed E-state index contributed by atoms with van der Waals surface area (Å²) in [5.41, 5.74) is 4.85. The molecule has 1 aliphatic rings. The number of carbonyl (C=O) groups is 1. The standard InChI is InChI=1S/C8H12N2O.H2/c9-8(11)4-3-7-10-5-1-2-6-10;/h1-2,5-7H2,(H2,9,11);1H. The Morgan fingerprint density at radius 1 is 1.55 bits per heavy atom. The van der Waals surface area contributed by atoms with E-state index in [0.717, 1.165) is 13.1 Å². The lowest BCUT2D eigenvalue weighted by Gasteiger charge is -2.07. The molecule has 0 aromatic heterocycles. The molecule has 11 heavy (non-hydrogen) atoms. The first kappa shape index (κ1) is 8.09. The van der Waals surface area contributed by atoms with Gasteiger partial charge in [-0.25, -0.2) is 0 Å². The molecule has 0 aromatic rings. The Morgan fingerprint density at radius 3 is 2.73 bits per heavy atom. The molecular weight excluding hydrogens is 140 g/mol. The van der Waals surface area contributed by atoms with Gasteiger partial charge in [-0.3, -0.25) is 9.69 Å². The van der Waals surface area contributed by atoms with Crippen LogP contribution < -0.4 is 5.73 Å². The zero-order valence-electron chi connectivity index (χ0n) is 6.47. The van der Waals surface area contributed by atoms with Crippen LogP contribution in [0.4, 0.5) is 0 Å². The molecule has 1 fully saturated rings. The summed E-state index contributed by atoms with van der Waals surface area (Å²) in [7, 11) is 0. The topological polar surface area (TPSA) is 46.3 Å². The average Bonchev–Trinajstić information content (AvgIpc) is 2.39. The van der Waals surface area contributed by atoms with Crippen LogP contribution in [-0.4, -0.2) is 30.4 Å². The van der Waals surface area contributed by atoms with Crippen molar-refractivity contribution in [2.24, 2.45) is 5.73 Å². The normalized spacial score (nSPS) is 17.5. The molecule has 1 heterocycles. The molecular formula is C8H14N2O. The Bertz CT molecular complexity index is 201. The van der Waals surface area contributed by atoms with Crippen molar-refractivity contribution in [3.63, 3.8) is 0 Å². The first-order valence-corrected chi connectivity index (χ1v) is 3.80. The maximum atomic E-state index is 10.2. The number of likely N-dealkylation sites (tertiary alicyclic amines) is 1. The van der Waals surface area contributed by atoms with Crippen molar-refractivity contribution >= 4 is 5.91 Å². The van der Waals surface area contributed by atoms with E-state index in [2.05, 4.69) is 16.7 Å². The second-order valence-electron chi connectivity index (χ2n) is 2.65. The SMILES string of the molecule is NC(=O)C#CCN1CCCC1.[HH]. The third kappa shape index (κ3) is 3.06. The molecule has 1 rings (SSSR count). The van der Waals surface area contributed by atoms with E-state index in [9.17, 15) is 4.79 Å². The summed E-state index contributed by atoms with van der Waals surface area (Å²) in [6.45, 7) is 2.89. The lowest BCUT2D eigenvalue weighted by atomic mass is 10.4. The van der Waals surface area contributed by atoms with Gasteiger partial charge >= 0.3 is 0 Å². The van der Waals surface area contributed by atoms with Gasteiger partial charge in [-0.05, 0) is 31.9 Å². The predicted octanol–water partition coefficient (Wildman–Crippen LogP) is -0.183. The molecule has 0 aromatic carbocycles. The number of primary amides is 1. The molecule has 3 heteroatoms. The summed E-state index contributed by atoms with van der Waals surface area (Å²) in [6, 6.07) is 0. The second-order valence-corrected chi connectivity index (χ2v) is 2.65. The molecule has 1 saturated heterocycles. The van der Waals surface area contributed by atoms with Crippen LogP contribution in [0.3, 0.4) is 0 Å². The van der Waals surface area contributed by atoms with E-state index in [4.69, 9.17) is 5.73 Å². The highest BCUT2D eigenvalue weighted by atomic mass is 16.1. The highest BCUT2D eigenvalue weighted by Crippen LogP contribution is 2.05. The summed E-state index contributed by atoms with van der Waals surface area (Å²) in [5.74, 6) is 4.51. The number of amides is 1. The van der Waals surface area contributed by atoms with Gasteiger partial charge in [0, 0.05) is 1.43 Å². The van der Waals surface area contributed by atoms with Gasteiger partial charge in [-0.2, -0.15) is 0 Å². The predicted molar refractivity (Wildman–Crippen MR) is 44.8 cm³/mol. The van der Waals surface area contributed by atoms with E-state index >= 15 is 0 Å². The van der Waals surface area contributed by atoms with Crippen LogP contribution in [0.1, 0.15) is 14.3 Å². The summed E-state index contributed by atoms with van der Waals surface area (Å²) < 4.78 is 0. The second kappa shape index (κ2) is 3.99. The van der Waals surface area contributed by atoms with E-state index in [1.807, 2.05) is 0 Å². The lowest BCUT2D eigenvalue weighted by Crippen LogP contribution is -2.19. The van der Waals surface area contributed by atoms with Crippen molar-refractivity contribution in [3.05, 3.63) is 0 Å². The zero-order valence-corrected chi connectivity index (χ0v) is 6.47. The van der Waals surface area contributed by atoms with Gasteiger partial charge in [0.05, 0.1) is 6.54 Å². The Hall–Kier alpha value is -1.01. The number of hydrogen-bond acceptors (Lipinski definition) is 2. The largest absolute Gasteiger partial charge is 0.359 e. The van der Waals surface area contributed by atoms with Gasteiger partial charge < -0.3 is 5.73 Å².